The SMILES string of the molecule is O=C(CNCc1cccnn1)Nc1c(F)cccc1F. The van der Waals surface area contributed by atoms with Crippen LogP contribution in [0.4, 0.5) is 14.5 Å². The number of nitrogens with one attached hydrogen (secondary N) is 2. The Morgan fingerprint density at radius 2 is 1.90 bits per heavy atom. The van der Waals surface area contributed by atoms with Gasteiger partial charge in [-0.3, -0.25) is 4.79 Å². The summed E-state index contributed by atoms with van der Waals surface area (Å²) in [6.07, 6.45) is 1.54. The summed E-state index contributed by atoms with van der Waals surface area (Å²) in [5.74, 6) is -2.17. The van der Waals surface area contributed by atoms with E-state index in [-0.39, 0.29) is 6.54 Å². The van der Waals surface area contributed by atoms with E-state index in [4.69, 9.17) is 0 Å². The number of anilines is 1. The minimum Gasteiger partial charge on any atom is -0.320 e. The summed E-state index contributed by atoms with van der Waals surface area (Å²) in [4.78, 5) is 11.6. The van der Waals surface area contributed by atoms with Gasteiger partial charge in [-0.05, 0) is 24.3 Å². The number of carbonyl (C=O) groups excluding carboxylic acids is 1. The molecular formula is C13H12F2N4O. The number of aromatic nitrogens is 2. The number of nitrogens with zero attached hydrogens (tertiary/aromatic N) is 2. The predicted molar refractivity (Wildman–Crippen MR) is 68.7 cm³/mol. The molecule has 7 heteroatoms. The molecule has 0 radical (unpaired) electrons. The fourth-order valence-electron chi connectivity index (χ4n) is 1.53. The molecule has 0 unspecified atom stereocenters. The highest BCUT2D eigenvalue weighted by Gasteiger charge is 2.11. The van der Waals surface area contributed by atoms with Crippen molar-refractivity contribution in [3.63, 3.8) is 0 Å². The van der Waals surface area contributed by atoms with Crippen molar-refractivity contribution < 1.29 is 13.6 Å². The molecule has 1 aromatic heterocycles. The summed E-state index contributed by atoms with van der Waals surface area (Å²) >= 11 is 0. The lowest BCUT2D eigenvalue weighted by molar-refractivity contribution is -0.115. The Bertz CT molecular complexity index is 572. The predicted octanol–water partition coefficient (Wildman–Crippen LogP) is 1.48. The van der Waals surface area contributed by atoms with E-state index in [1.807, 2.05) is 0 Å². The van der Waals surface area contributed by atoms with Crippen molar-refractivity contribution in [2.75, 3.05) is 11.9 Å². The van der Waals surface area contributed by atoms with Crippen molar-refractivity contribution in [3.05, 3.63) is 53.9 Å². The monoisotopic (exact) mass is 278 g/mol. The van der Waals surface area contributed by atoms with E-state index in [0.29, 0.717) is 12.2 Å². The van der Waals surface area contributed by atoms with Gasteiger partial charge in [0.1, 0.15) is 17.3 Å². The van der Waals surface area contributed by atoms with Crippen LogP contribution in [0.2, 0.25) is 0 Å². The van der Waals surface area contributed by atoms with Gasteiger partial charge in [0.2, 0.25) is 5.91 Å². The van der Waals surface area contributed by atoms with Crippen LogP contribution < -0.4 is 10.6 Å². The summed E-state index contributed by atoms with van der Waals surface area (Å²) in [5.41, 5.74) is 0.219. The first-order valence-corrected chi connectivity index (χ1v) is 5.88. The summed E-state index contributed by atoms with van der Waals surface area (Å²) in [5, 5.41) is 12.5. The summed E-state index contributed by atoms with van der Waals surface area (Å²) in [6.45, 7) is 0.241. The largest absolute Gasteiger partial charge is 0.320 e. The van der Waals surface area contributed by atoms with E-state index in [1.54, 1.807) is 12.1 Å². The molecule has 0 atom stereocenters. The third-order valence-electron chi connectivity index (χ3n) is 2.45. The zero-order valence-electron chi connectivity index (χ0n) is 10.4. The van der Waals surface area contributed by atoms with E-state index < -0.39 is 23.2 Å². The van der Waals surface area contributed by atoms with Gasteiger partial charge >= 0.3 is 0 Å². The second-order valence-electron chi connectivity index (χ2n) is 3.96. The summed E-state index contributed by atoms with van der Waals surface area (Å²) in [7, 11) is 0. The van der Waals surface area contributed by atoms with E-state index >= 15 is 0 Å². The number of para-hydroxylation sites is 1. The van der Waals surface area contributed by atoms with Crippen LogP contribution in [-0.4, -0.2) is 22.6 Å². The Morgan fingerprint density at radius 3 is 2.55 bits per heavy atom. The van der Waals surface area contributed by atoms with E-state index in [0.717, 1.165) is 12.1 Å². The van der Waals surface area contributed by atoms with Gasteiger partial charge in [0, 0.05) is 12.7 Å². The first-order chi connectivity index (χ1) is 9.66. The molecule has 104 valence electrons. The topological polar surface area (TPSA) is 66.9 Å². The fourth-order valence-corrected chi connectivity index (χ4v) is 1.53. The molecule has 5 nitrogen and oxygen atoms in total. The van der Waals surface area contributed by atoms with Gasteiger partial charge in [-0.15, -0.1) is 0 Å². The van der Waals surface area contributed by atoms with Crippen LogP contribution in [0.25, 0.3) is 0 Å². The molecule has 1 amide bonds. The first kappa shape index (κ1) is 14.0. The lowest BCUT2D eigenvalue weighted by atomic mass is 10.3. The molecule has 0 aliphatic heterocycles. The number of hydrogen-bond acceptors (Lipinski definition) is 4. The van der Waals surface area contributed by atoms with Crippen LogP contribution in [0, 0.1) is 11.6 Å². The Kier molecular flexibility index (Phi) is 4.67. The minimum absolute atomic E-state index is 0.0929. The molecule has 2 aromatic rings. The van der Waals surface area contributed by atoms with E-state index in [2.05, 4.69) is 20.8 Å². The van der Waals surface area contributed by atoms with Gasteiger partial charge in [0.05, 0.1) is 12.2 Å². The highest BCUT2D eigenvalue weighted by molar-refractivity contribution is 5.92. The maximum atomic E-state index is 13.3. The molecule has 0 saturated heterocycles. The molecule has 1 heterocycles. The smallest absolute Gasteiger partial charge is 0.238 e. The van der Waals surface area contributed by atoms with Crippen molar-refractivity contribution in [2.24, 2.45) is 0 Å². The van der Waals surface area contributed by atoms with Crippen molar-refractivity contribution >= 4 is 11.6 Å². The van der Waals surface area contributed by atoms with Crippen LogP contribution in [0.15, 0.2) is 36.5 Å². The minimum atomic E-state index is -0.813. The number of amides is 1. The third-order valence-corrected chi connectivity index (χ3v) is 2.45. The lowest BCUT2D eigenvalue weighted by Gasteiger charge is -2.08. The number of halogens is 2. The fraction of sp³-hybridized carbons (Fsp3) is 0.154. The molecule has 0 bridgehead atoms. The zero-order chi connectivity index (χ0) is 14.4. The maximum Gasteiger partial charge on any atom is 0.238 e. The normalized spacial score (nSPS) is 10.3. The molecule has 0 fully saturated rings. The average molecular weight is 278 g/mol. The molecule has 0 aliphatic rings. The lowest BCUT2D eigenvalue weighted by Crippen LogP contribution is -2.28. The zero-order valence-corrected chi connectivity index (χ0v) is 10.4. The quantitative estimate of drug-likeness (QED) is 0.869. The second-order valence-corrected chi connectivity index (χ2v) is 3.96. The van der Waals surface area contributed by atoms with Crippen molar-refractivity contribution in [1.29, 1.82) is 0 Å². The molecule has 1 aromatic carbocycles. The van der Waals surface area contributed by atoms with Crippen LogP contribution >= 0.6 is 0 Å². The molecular weight excluding hydrogens is 266 g/mol. The van der Waals surface area contributed by atoms with Gasteiger partial charge < -0.3 is 10.6 Å². The Labute approximate surface area is 114 Å². The van der Waals surface area contributed by atoms with Crippen LogP contribution in [0.5, 0.6) is 0 Å². The average Bonchev–Trinajstić information content (AvgIpc) is 2.44. The summed E-state index contributed by atoms with van der Waals surface area (Å²) < 4.78 is 26.6. The van der Waals surface area contributed by atoms with Gasteiger partial charge in [0.15, 0.2) is 0 Å². The molecule has 0 spiro atoms. The first-order valence-electron chi connectivity index (χ1n) is 5.88. The molecule has 0 aliphatic carbocycles. The van der Waals surface area contributed by atoms with Crippen LogP contribution in [0.3, 0.4) is 0 Å². The Hall–Kier alpha value is -2.41. The molecule has 20 heavy (non-hydrogen) atoms. The van der Waals surface area contributed by atoms with Gasteiger partial charge in [0.25, 0.3) is 0 Å². The highest BCUT2D eigenvalue weighted by atomic mass is 19.1. The van der Waals surface area contributed by atoms with Crippen molar-refractivity contribution in [2.45, 2.75) is 6.54 Å². The Balaban J connectivity index is 1.84. The number of rotatable bonds is 5. The number of benzene rings is 1. The molecule has 2 rings (SSSR count). The van der Waals surface area contributed by atoms with E-state index in [1.165, 1.54) is 12.3 Å². The second kappa shape index (κ2) is 6.67. The van der Waals surface area contributed by atoms with Gasteiger partial charge in [-0.25, -0.2) is 8.78 Å². The standard InChI is InChI=1S/C13H12F2N4O/c14-10-4-1-5-11(15)13(10)18-12(20)8-16-7-9-3-2-6-17-19-9/h1-6,16H,7-8H2,(H,18,20). The third kappa shape index (κ3) is 3.79. The maximum absolute atomic E-state index is 13.3. The van der Waals surface area contributed by atoms with Crippen LogP contribution in [-0.2, 0) is 11.3 Å². The van der Waals surface area contributed by atoms with Gasteiger partial charge in [-0.1, -0.05) is 6.07 Å². The highest BCUT2D eigenvalue weighted by Crippen LogP contribution is 2.17. The molecule has 2 N–H and O–H groups in total. The van der Waals surface area contributed by atoms with Crippen molar-refractivity contribution in [3.8, 4) is 0 Å². The van der Waals surface area contributed by atoms with Crippen molar-refractivity contribution in [1.82, 2.24) is 15.5 Å². The van der Waals surface area contributed by atoms with E-state index in [9.17, 15) is 13.6 Å². The Morgan fingerprint density at radius 1 is 1.15 bits per heavy atom. The van der Waals surface area contributed by atoms with Crippen LogP contribution in [0.1, 0.15) is 5.69 Å². The van der Waals surface area contributed by atoms with Gasteiger partial charge in [-0.2, -0.15) is 10.2 Å². The number of hydrogen-bond donors (Lipinski definition) is 2. The summed E-state index contributed by atoms with van der Waals surface area (Å²) in [6, 6.07) is 6.84. The number of carbonyl (C=O) groups is 1. The molecule has 0 saturated carbocycles.